The summed E-state index contributed by atoms with van der Waals surface area (Å²) in [6.45, 7) is 0. The number of nitrogens with one attached hydrogen (secondary N) is 1. The van der Waals surface area contributed by atoms with Crippen LogP contribution in [0.2, 0.25) is 0 Å². The van der Waals surface area contributed by atoms with Crippen molar-refractivity contribution in [1.82, 2.24) is 10.2 Å². The van der Waals surface area contributed by atoms with E-state index in [0.717, 1.165) is 18.4 Å². The molecule has 3 N–H and O–H groups in total. The van der Waals surface area contributed by atoms with Crippen molar-refractivity contribution in [2.24, 2.45) is 5.73 Å². The quantitative estimate of drug-likeness (QED) is 0.634. The lowest BCUT2D eigenvalue weighted by Crippen LogP contribution is -2.04. The van der Waals surface area contributed by atoms with Crippen molar-refractivity contribution < 1.29 is 0 Å². The van der Waals surface area contributed by atoms with Gasteiger partial charge in [-0.2, -0.15) is 5.10 Å². The predicted molar refractivity (Wildman–Crippen MR) is 51.3 cm³/mol. The molecule has 1 heterocycles. The number of aromatic nitrogens is 2. The minimum absolute atomic E-state index is 0.225. The van der Waals surface area contributed by atoms with Gasteiger partial charge in [0.05, 0.1) is 11.7 Å². The number of fused-ring (bicyclic) bond motifs is 2. The third-order valence-corrected chi connectivity index (χ3v) is 2.82. The topological polar surface area (TPSA) is 54.7 Å². The van der Waals surface area contributed by atoms with Crippen molar-refractivity contribution in [3.8, 4) is 0 Å². The zero-order valence-corrected chi connectivity index (χ0v) is 7.25. The van der Waals surface area contributed by atoms with Gasteiger partial charge in [0.25, 0.3) is 0 Å². The van der Waals surface area contributed by atoms with Crippen molar-refractivity contribution in [2.45, 2.75) is 18.9 Å². The molecule has 0 bridgehead atoms. The highest BCUT2D eigenvalue weighted by Gasteiger charge is 2.19. The van der Waals surface area contributed by atoms with Crippen molar-refractivity contribution in [2.75, 3.05) is 0 Å². The van der Waals surface area contributed by atoms with E-state index < -0.39 is 0 Å². The van der Waals surface area contributed by atoms with Gasteiger partial charge in [-0.3, -0.25) is 5.10 Å². The molecule has 0 saturated heterocycles. The van der Waals surface area contributed by atoms with Gasteiger partial charge in [-0.15, -0.1) is 0 Å². The maximum absolute atomic E-state index is 5.97. The molecule has 1 aromatic carbocycles. The molecule has 1 aliphatic carbocycles. The average molecular weight is 173 g/mol. The summed E-state index contributed by atoms with van der Waals surface area (Å²) in [5.74, 6) is 0. The van der Waals surface area contributed by atoms with E-state index in [-0.39, 0.29) is 6.04 Å². The Hall–Kier alpha value is -1.35. The Bertz CT molecular complexity index is 458. The summed E-state index contributed by atoms with van der Waals surface area (Å²) in [6, 6.07) is 4.55. The van der Waals surface area contributed by atoms with Crippen LogP contribution < -0.4 is 5.73 Å². The summed E-state index contributed by atoms with van der Waals surface area (Å²) in [5, 5.41) is 8.15. The molecule has 3 heteroatoms. The highest BCUT2D eigenvalue weighted by molar-refractivity contribution is 5.80. The second-order valence-corrected chi connectivity index (χ2v) is 3.65. The molecular weight excluding hydrogens is 162 g/mol. The lowest BCUT2D eigenvalue weighted by molar-refractivity contribution is 0.713. The Morgan fingerprint density at radius 3 is 3.31 bits per heavy atom. The fourth-order valence-corrected chi connectivity index (χ4v) is 2.08. The number of benzene rings is 1. The third kappa shape index (κ3) is 0.906. The molecule has 0 aliphatic heterocycles. The summed E-state index contributed by atoms with van der Waals surface area (Å²) in [6.07, 6.45) is 4.05. The molecule has 13 heavy (non-hydrogen) atoms. The normalized spacial score (nSPS) is 20.8. The summed E-state index contributed by atoms with van der Waals surface area (Å²) in [7, 11) is 0. The second-order valence-electron chi connectivity index (χ2n) is 3.65. The van der Waals surface area contributed by atoms with Crippen LogP contribution in [0, 0.1) is 0 Å². The second kappa shape index (κ2) is 2.33. The van der Waals surface area contributed by atoms with Gasteiger partial charge in [-0.1, -0.05) is 0 Å². The van der Waals surface area contributed by atoms with E-state index in [9.17, 15) is 0 Å². The van der Waals surface area contributed by atoms with E-state index in [1.807, 2.05) is 6.20 Å². The smallest absolute Gasteiger partial charge is 0.0653 e. The first kappa shape index (κ1) is 7.09. The number of H-pyrrole nitrogens is 1. The highest BCUT2D eigenvalue weighted by atomic mass is 15.1. The van der Waals surface area contributed by atoms with Crippen LogP contribution in [0.15, 0.2) is 18.3 Å². The molecule has 0 spiro atoms. The van der Waals surface area contributed by atoms with Gasteiger partial charge in [-0.05, 0) is 36.1 Å². The Morgan fingerprint density at radius 1 is 1.46 bits per heavy atom. The van der Waals surface area contributed by atoms with Crippen molar-refractivity contribution in [3.05, 3.63) is 29.5 Å². The predicted octanol–water partition coefficient (Wildman–Crippen LogP) is 1.51. The molecule has 0 unspecified atom stereocenters. The molecule has 0 saturated carbocycles. The Labute approximate surface area is 75.9 Å². The monoisotopic (exact) mass is 173 g/mol. The third-order valence-electron chi connectivity index (χ3n) is 2.82. The number of aromatic amines is 1. The number of nitrogens with zero attached hydrogens (tertiary/aromatic N) is 1. The SMILES string of the molecule is N[C@H]1CCc2cc3cn[nH]c3cc21. The van der Waals surface area contributed by atoms with Crippen LogP contribution >= 0.6 is 0 Å². The van der Waals surface area contributed by atoms with Crippen LogP contribution in [0.4, 0.5) is 0 Å². The van der Waals surface area contributed by atoms with Crippen molar-refractivity contribution in [3.63, 3.8) is 0 Å². The first-order valence-electron chi connectivity index (χ1n) is 4.56. The Kier molecular flexibility index (Phi) is 1.27. The lowest BCUT2D eigenvalue weighted by atomic mass is 10.1. The van der Waals surface area contributed by atoms with Crippen LogP contribution in [0.25, 0.3) is 10.9 Å². The number of hydrogen-bond donors (Lipinski definition) is 2. The van der Waals surface area contributed by atoms with Crippen LogP contribution in [-0.2, 0) is 6.42 Å². The van der Waals surface area contributed by atoms with Gasteiger partial charge in [0.2, 0.25) is 0 Å². The molecular formula is C10H11N3. The standard InChI is InChI=1S/C10H11N3/c11-9-2-1-6-3-7-5-12-13-10(7)4-8(6)9/h3-5,9H,1-2,11H2,(H,12,13)/t9-/m0/s1. The van der Waals surface area contributed by atoms with E-state index in [1.54, 1.807) is 0 Å². The van der Waals surface area contributed by atoms with E-state index in [1.165, 1.54) is 16.5 Å². The first-order valence-corrected chi connectivity index (χ1v) is 4.56. The van der Waals surface area contributed by atoms with Gasteiger partial charge in [0, 0.05) is 11.4 Å². The number of aryl methyl sites for hydroxylation is 1. The molecule has 0 amide bonds. The fraction of sp³-hybridized carbons (Fsp3) is 0.300. The maximum atomic E-state index is 5.97. The molecule has 1 atom stereocenters. The summed E-state index contributed by atoms with van der Waals surface area (Å²) < 4.78 is 0. The van der Waals surface area contributed by atoms with Gasteiger partial charge >= 0.3 is 0 Å². The zero-order chi connectivity index (χ0) is 8.84. The van der Waals surface area contributed by atoms with Crippen LogP contribution in [-0.4, -0.2) is 10.2 Å². The van der Waals surface area contributed by atoms with Gasteiger partial charge in [-0.25, -0.2) is 0 Å². The number of rotatable bonds is 0. The van der Waals surface area contributed by atoms with Crippen molar-refractivity contribution >= 4 is 10.9 Å². The molecule has 3 rings (SSSR count). The molecule has 0 radical (unpaired) electrons. The minimum Gasteiger partial charge on any atom is -0.324 e. The number of hydrogen-bond acceptors (Lipinski definition) is 2. The Morgan fingerprint density at radius 2 is 2.38 bits per heavy atom. The molecule has 2 aromatic rings. The van der Waals surface area contributed by atoms with Gasteiger partial charge < -0.3 is 5.73 Å². The zero-order valence-electron chi connectivity index (χ0n) is 7.25. The Balaban J connectivity index is 2.34. The first-order chi connectivity index (χ1) is 6.34. The van der Waals surface area contributed by atoms with Gasteiger partial charge in [0.15, 0.2) is 0 Å². The van der Waals surface area contributed by atoms with E-state index in [0.29, 0.717) is 0 Å². The van der Waals surface area contributed by atoms with Crippen molar-refractivity contribution in [1.29, 1.82) is 0 Å². The molecule has 0 fully saturated rings. The summed E-state index contributed by atoms with van der Waals surface area (Å²) >= 11 is 0. The molecule has 66 valence electrons. The average Bonchev–Trinajstić information content (AvgIpc) is 2.70. The molecule has 3 nitrogen and oxygen atoms in total. The highest BCUT2D eigenvalue weighted by Crippen LogP contribution is 2.31. The van der Waals surface area contributed by atoms with E-state index in [4.69, 9.17) is 5.73 Å². The van der Waals surface area contributed by atoms with Crippen LogP contribution in [0.3, 0.4) is 0 Å². The van der Waals surface area contributed by atoms with Crippen LogP contribution in [0.1, 0.15) is 23.6 Å². The lowest BCUT2D eigenvalue weighted by Gasteiger charge is -2.03. The summed E-state index contributed by atoms with van der Waals surface area (Å²) in [4.78, 5) is 0. The largest absolute Gasteiger partial charge is 0.324 e. The molecule has 1 aromatic heterocycles. The van der Waals surface area contributed by atoms with Gasteiger partial charge in [0.1, 0.15) is 0 Å². The van der Waals surface area contributed by atoms with Crippen LogP contribution in [0.5, 0.6) is 0 Å². The van der Waals surface area contributed by atoms with E-state index in [2.05, 4.69) is 22.3 Å². The minimum atomic E-state index is 0.225. The van der Waals surface area contributed by atoms with E-state index >= 15 is 0 Å². The maximum Gasteiger partial charge on any atom is 0.0653 e. The summed E-state index contributed by atoms with van der Waals surface area (Å²) in [5.41, 5.74) is 9.74. The number of nitrogens with two attached hydrogens (primary N) is 1. The fourth-order valence-electron chi connectivity index (χ4n) is 2.08. The molecule has 1 aliphatic rings.